The first-order valence-corrected chi connectivity index (χ1v) is 9.35. The summed E-state index contributed by atoms with van der Waals surface area (Å²) in [5.41, 5.74) is 1.31. The maximum Gasteiger partial charge on any atom is 0.242 e. The summed E-state index contributed by atoms with van der Waals surface area (Å²) in [4.78, 5) is 31.3. The lowest BCUT2D eigenvalue weighted by Crippen LogP contribution is -2.32. The van der Waals surface area contributed by atoms with Gasteiger partial charge in [0.25, 0.3) is 0 Å². The summed E-state index contributed by atoms with van der Waals surface area (Å²) in [5.74, 6) is -0.172. The molecular formula is C20H17ClN2O2S. The lowest BCUT2D eigenvalue weighted by molar-refractivity contribution is -0.125. The minimum Gasteiger partial charge on any atom is -0.294 e. The minimum atomic E-state index is -0.478. The van der Waals surface area contributed by atoms with Gasteiger partial charge in [0, 0.05) is 23.6 Å². The van der Waals surface area contributed by atoms with Crippen molar-refractivity contribution in [2.24, 2.45) is 4.99 Å². The molecular weight excluding hydrogens is 368 g/mol. The van der Waals surface area contributed by atoms with Gasteiger partial charge in [0.05, 0.1) is 10.9 Å². The highest BCUT2D eigenvalue weighted by atomic mass is 35.5. The molecule has 1 aliphatic heterocycles. The van der Waals surface area contributed by atoms with E-state index in [-0.39, 0.29) is 18.1 Å². The lowest BCUT2D eigenvalue weighted by atomic mass is 10.1. The number of carbonyl (C=O) groups is 2. The van der Waals surface area contributed by atoms with E-state index in [1.165, 1.54) is 11.8 Å². The maximum absolute atomic E-state index is 12.7. The maximum atomic E-state index is 12.7. The van der Waals surface area contributed by atoms with Gasteiger partial charge in [-0.25, -0.2) is 4.99 Å². The molecule has 1 saturated heterocycles. The number of thioether (sulfide) groups is 1. The van der Waals surface area contributed by atoms with Crippen LogP contribution < -0.4 is 0 Å². The quantitative estimate of drug-likeness (QED) is 0.534. The third-order valence-electron chi connectivity index (χ3n) is 3.85. The van der Waals surface area contributed by atoms with Gasteiger partial charge in [0.15, 0.2) is 11.0 Å². The van der Waals surface area contributed by atoms with Crippen LogP contribution in [0, 0.1) is 0 Å². The van der Waals surface area contributed by atoms with Crippen LogP contribution >= 0.6 is 23.4 Å². The Bertz CT molecular complexity index is 850. The van der Waals surface area contributed by atoms with Crippen LogP contribution in [0.2, 0.25) is 5.02 Å². The predicted molar refractivity (Wildman–Crippen MR) is 107 cm³/mol. The lowest BCUT2D eigenvalue weighted by Gasteiger charge is -2.13. The van der Waals surface area contributed by atoms with Gasteiger partial charge >= 0.3 is 0 Å². The number of carbonyl (C=O) groups excluding carboxylic acids is 2. The molecule has 1 unspecified atom stereocenters. The minimum absolute atomic E-state index is 0.0530. The molecule has 2 aromatic carbocycles. The molecule has 0 N–H and O–H groups in total. The summed E-state index contributed by atoms with van der Waals surface area (Å²) in [5, 5.41) is 0.718. The van der Waals surface area contributed by atoms with Crippen LogP contribution in [0.1, 0.15) is 16.8 Å². The highest BCUT2D eigenvalue weighted by Crippen LogP contribution is 2.32. The van der Waals surface area contributed by atoms with E-state index in [0.717, 1.165) is 0 Å². The number of hydrogen-bond donors (Lipinski definition) is 0. The molecule has 0 aromatic heterocycles. The Kier molecular flexibility index (Phi) is 5.91. The van der Waals surface area contributed by atoms with E-state index in [1.807, 2.05) is 18.2 Å². The zero-order valence-corrected chi connectivity index (χ0v) is 15.5. The second-order valence-corrected chi connectivity index (χ2v) is 7.31. The fraction of sp³-hybridized carbons (Fsp3) is 0.150. The molecule has 4 nitrogen and oxygen atoms in total. The number of rotatable bonds is 6. The number of amides is 1. The fourth-order valence-corrected chi connectivity index (χ4v) is 3.85. The molecule has 0 spiro atoms. The van der Waals surface area contributed by atoms with Crippen LogP contribution in [0.5, 0.6) is 0 Å². The second-order valence-electron chi connectivity index (χ2n) is 5.71. The second kappa shape index (κ2) is 8.34. The van der Waals surface area contributed by atoms with Gasteiger partial charge in [0.2, 0.25) is 5.91 Å². The average Bonchev–Trinajstić information content (AvgIpc) is 2.93. The summed E-state index contributed by atoms with van der Waals surface area (Å²) >= 11 is 7.21. The highest BCUT2D eigenvalue weighted by molar-refractivity contribution is 8.15. The van der Waals surface area contributed by atoms with E-state index in [1.54, 1.807) is 47.4 Å². The number of amidine groups is 1. The number of hydrogen-bond acceptors (Lipinski definition) is 4. The number of halogens is 1. The highest BCUT2D eigenvalue weighted by Gasteiger charge is 2.38. The van der Waals surface area contributed by atoms with Crippen molar-refractivity contribution in [3.63, 3.8) is 0 Å². The van der Waals surface area contributed by atoms with Crippen LogP contribution in [0.15, 0.2) is 72.2 Å². The average molecular weight is 385 g/mol. The Balaban J connectivity index is 1.80. The summed E-state index contributed by atoms with van der Waals surface area (Å²) in [6.45, 7) is 4.06. The van der Waals surface area contributed by atoms with E-state index in [9.17, 15) is 9.59 Å². The smallest absolute Gasteiger partial charge is 0.242 e. The van der Waals surface area contributed by atoms with Crippen LogP contribution in [-0.4, -0.2) is 33.6 Å². The van der Waals surface area contributed by atoms with Gasteiger partial charge in [-0.2, -0.15) is 0 Å². The van der Waals surface area contributed by atoms with Gasteiger partial charge in [0.1, 0.15) is 0 Å². The van der Waals surface area contributed by atoms with Gasteiger partial charge in [-0.1, -0.05) is 59.8 Å². The summed E-state index contributed by atoms with van der Waals surface area (Å²) in [6.07, 6.45) is 1.79. The number of benzene rings is 2. The van der Waals surface area contributed by atoms with Crippen molar-refractivity contribution >= 4 is 45.9 Å². The molecule has 132 valence electrons. The molecule has 0 bridgehead atoms. The first kappa shape index (κ1) is 18.4. The molecule has 26 heavy (non-hydrogen) atoms. The Morgan fingerprint density at radius 1 is 1.19 bits per heavy atom. The largest absolute Gasteiger partial charge is 0.294 e. The van der Waals surface area contributed by atoms with Crippen molar-refractivity contribution in [1.82, 2.24) is 4.90 Å². The normalized spacial score (nSPS) is 18.3. The molecule has 1 fully saturated rings. The van der Waals surface area contributed by atoms with Gasteiger partial charge in [-0.3, -0.25) is 14.5 Å². The standard InChI is InChI=1S/C20H17ClN2O2S/c1-2-12-23-19(25)18(13-17(24)14-6-4-3-5-7-14)26-20(23)22-16-10-8-15(21)9-11-16/h2-11,18H,1,12-13H2. The van der Waals surface area contributed by atoms with Crippen molar-refractivity contribution in [2.75, 3.05) is 6.54 Å². The predicted octanol–water partition coefficient (Wildman–Crippen LogP) is 4.73. The van der Waals surface area contributed by atoms with Crippen molar-refractivity contribution in [3.05, 3.63) is 77.8 Å². The Morgan fingerprint density at radius 3 is 2.54 bits per heavy atom. The number of Topliss-reactive ketones (excluding diaryl/α,β-unsaturated/α-hetero) is 1. The topological polar surface area (TPSA) is 49.7 Å². The third-order valence-corrected chi connectivity index (χ3v) is 5.28. The van der Waals surface area contributed by atoms with Crippen LogP contribution in [-0.2, 0) is 4.79 Å². The molecule has 3 rings (SSSR count). The van der Waals surface area contributed by atoms with E-state index in [2.05, 4.69) is 11.6 Å². The number of ketones is 1. The molecule has 2 aromatic rings. The molecule has 1 amide bonds. The van der Waals surface area contributed by atoms with Gasteiger partial charge < -0.3 is 0 Å². The first-order valence-electron chi connectivity index (χ1n) is 8.10. The van der Waals surface area contributed by atoms with Crippen LogP contribution in [0.3, 0.4) is 0 Å². The molecule has 6 heteroatoms. The van der Waals surface area contributed by atoms with Crippen LogP contribution in [0.4, 0.5) is 5.69 Å². The van der Waals surface area contributed by atoms with E-state index in [4.69, 9.17) is 11.6 Å². The zero-order valence-electron chi connectivity index (χ0n) is 14.0. The van der Waals surface area contributed by atoms with E-state index in [0.29, 0.717) is 28.0 Å². The molecule has 0 radical (unpaired) electrons. The monoisotopic (exact) mass is 384 g/mol. The number of aliphatic imine (C=N–C) groups is 1. The van der Waals surface area contributed by atoms with Crippen LogP contribution in [0.25, 0.3) is 0 Å². The Hall–Kier alpha value is -2.37. The zero-order chi connectivity index (χ0) is 18.5. The summed E-state index contributed by atoms with van der Waals surface area (Å²) < 4.78 is 0. The SMILES string of the molecule is C=CCN1C(=O)C(CC(=O)c2ccccc2)SC1=Nc1ccc(Cl)cc1. The van der Waals surface area contributed by atoms with Crippen molar-refractivity contribution in [1.29, 1.82) is 0 Å². The fourth-order valence-electron chi connectivity index (χ4n) is 2.56. The van der Waals surface area contributed by atoms with Crippen molar-refractivity contribution in [2.45, 2.75) is 11.7 Å². The van der Waals surface area contributed by atoms with Gasteiger partial charge in [-0.05, 0) is 24.3 Å². The van der Waals surface area contributed by atoms with Gasteiger partial charge in [-0.15, -0.1) is 6.58 Å². The van der Waals surface area contributed by atoms with Crippen molar-refractivity contribution < 1.29 is 9.59 Å². The molecule has 0 saturated carbocycles. The van der Waals surface area contributed by atoms with E-state index >= 15 is 0 Å². The molecule has 0 aliphatic carbocycles. The van der Waals surface area contributed by atoms with Crippen molar-refractivity contribution in [3.8, 4) is 0 Å². The Morgan fingerprint density at radius 2 is 1.88 bits per heavy atom. The van der Waals surface area contributed by atoms with E-state index < -0.39 is 5.25 Å². The molecule has 1 atom stereocenters. The first-order chi connectivity index (χ1) is 12.6. The number of nitrogens with zero attached hydrogens (tertiary/aromatic N) is 2. The summed E-state index contributed by atoms with van der Waals surface area (Å²) in [6, 6.07) is 16.1. The Labute approximate surface area is 161 Å². The molecule has 1 aliphatic rings. The third kappa shape index (κ3) is 4.23. The summed E-state index contributed by atoms with van der Waals surface area (Å²) in [7, 11) is 0. The molecule has 1 heterocycles.